The second-order valence-electron chi connectivity index (χ2n) is 9.26. The lowest BCUT2D eigenvalue weighted by Crippen LogP contribution is -2.42. The molecule has 5 rings (SSSR count). The Morgan fingerprint density at radius 1 is 1.10 bits per heavy atom. The summed E-state index contributed by atoms with van der Waals surface area (Å²) in [5, 5.41) is 17.5. The third kappa shape index (κ3) is 5.19. The Morgan fingerprint density at radius 2 is 1.81 bits per heavy atom. The van der Waals surface area contributed by atoms with Gasteiger partial charge in [-0.3, -0.25) is 5.10 Å². The fraction of sp³-hybridized carbons (Fsp3) is 0.345. The number of aromatic nitrogens is 2. The molecule has 1 aromatic heterocycles. The molecule has 1 saturated heterocycles. The average Bonchev–Trinajstić information content (AvgIpc) is 3.44. The first kappa shape index (κ1) is 28.4. The van der Waals surface area contributed by atoms with E-state index >= 15 is 0 Å². The number of nitrogens with zero attached hydrogens (tertiary/aromatic N) is 3. The number of morpholine rings is 1. The lowest BCUT2D eigenvalue weighted by molar-refractivity contribution is 0.0413. The van der Waals surface area contributed by atoms with Crippen LogP contribution in [0.1, 0.15) is 24.0 Å². The van der Waals surface area contributed by atoms with E-state index in [0.29, 0.717) is 78.3 Å². The molecule has 0 unspecified atom stereocenters. The number of hydrogen-bond donors (Lipinski definition) is 2. The van der Waals surface area contributed by atoms with Crippen LogP contribution in [-0.4, -0.2) is 75.4 Å². The van der Waals surface area contributed by atoms with Crippen LogP contribution in [0.2, 0.25) is 0 Å². The van der Waals surface area contributed by atoms with Gasteiger partial charge in [-0.15, -0.1) is 5.10 Å². The first-order valence-corrected chi connectivity index (χ1v) is 13.2. The summed E-state index contributed by atoms with van der Waals surface area (Å²) in [7, 11) is 4.57. The topological polar surface area (TPSA) is 163 Å². The normalized spacial score (nSPS) is 16.2. The number of methoxy groups -OCH3 is 3. The van der Waals surface area contributed by atoms with Crippen molar-refractivity contribution < 1.29 is 38.0 Å². The molecule has 3 N–H and O–H groups in total. The number of hydrogen-bond acceptors (Lipinski definition) is 11. The predicted octanol–water partition coefficient (Wildman–Crippen LogP) is 3.55. The Morgan fingerprint density at radius 3 is 2.43 bits per heavy atom. The zero-order chi connectivity index (χ0) is 29.8. The Bertz CT molecular complexity index is 1530. The number of nitrogens with two attached hydrogens (primary N) is 1. The largest absolute Gasteiger partial charge is 0.493 e. The van der Waals surface area contributed by atoms with Crippen LogP contribution in [0.5, 0.6) is 34.6 Å². The zero-order valence-corrected chi connectivity index (χ0v) is 23.7. The van der Waals surface area contributed by atoms with E-state index in [-0.39, 0.29) is 23.1 Å². The van der Waals surface area contributed by atoms with Crippen LogP contribution in [0.4, 0.5) is 4.79 Å². The number of H-pyrrole nitrogens is 1. The van der Waals surface area contributed by atoms with Gasteiger partial charge in [-0.1, -0.05) is 6.07 Å². The molecule has 1 amide bonds. The van der Waals surface area contributed by atoms with Gasteiger partial charge in [0, 0.05) is 18.7 Å². The van der Waals surface area contributed by atoms with E-state index in [4.69, 9.17) is 38.9 Å². The summed E-state index contributed by atoms with van der Waals surface area (Å²) in [6, 6.07) is 10.8. The minimum atomic E-state index is -0.699. The highest BCUT2D eigenvalue weighted by Crippen LogP contribution is 2.49. The standard InChI is InChI=1S/C29H31N5O8/c1-5-40-20-12-16(6-7-19(20)41-29(35)34-8-10-39-11-9-34)23-18(15-30)27(31)42-28-24(23)25(32-33-28)17-13-21(36-2)26(38-4)22(14-17)37-3/h6-7,12-14,23H,5,8-11,31H2,1-4H3,(H,32,33)/t23-/m1/s1. The van der Waals surface area contributed by atoms with Crippen molar-refractivity contribution in [1.82, 2.24) is 15.1 Å². The molecule has 0 radical (unpaired) electrons. The summed E-state index contributed by atoms with van der Waals surface area (Å²) < 4.78 is 39.2. The van der Waals surface area contributed by atoms with Crippen molar-refractivity contribution in [2.45, 2.75) is 12.8 Å². The maximum absolute atomic E-state index is 12.8. The molecule has 3 aromatic rings. The van der Waals surface area contributed by atoms with Gasteiger partial charge in [0.2, 0.25) is 17.5 Å². The summed E-state index contributed by atoms with van der Waals surface area (Å²) in [6.07, 6.45) is -0.498. The molecular formula is C29H31N5O8. The summed E-state index contributed by atoms with van der Waals surface area (Å²) in [6.45, 7) is 3.90. The van der Waals surface area contributed by atoms with E-state index in [2.05, 4.69) is 16.3 Å². The number of amides is 1. The maximum Gasteiger partial charge on any atom is 0.415 e. The van der Waals surface area contributed by atoms with Gasteiger partial charge in [-0.05, 0) is 36.8 Å². The molecule has 2 aromatic carbocycles. The van der Waals surface area contributed by atoms with Crippen LogP contribution in [0.25, 0.3) is 11.3 Å². The van der Waals surface area contributed by atoms with Crippen LogP contribution in [0.3, 0.4) is 0 Å². The Balaban J connectivity index is 1.60. The highest BCUT2D eigenvalue weighted by molar-refractivity contribution is 5.76. The first-order chi connectivity index (χ1) is 20.4. The highest BCUT2D eigenvalue weighted by Gasteiger charge is 2.37. The third-order valence-corrected chi connectivity index (χ3v) is 6.96. The van der Waals surface area contributed by atoms with Crippen molar-refractivity contribution >= 4 is 6.09 Å². The number of aromatic amines is 1. The van der Waals surface area contributed by atoms with Crippen molar-refractivity contribution in [3.63, 3.8) is 0 Å². The van der Waals surface area contributed by atoms with Crippen LogP contribution >= 0.6 is 0 Å². The van der Waals surface area contributed by atoms with Gasteiger partial charge < -0.3 is 43.8 Å². The minimum absolute atomic E-state index is 0.0706. The number of benzene rings is 2. The van der Waals surface area contributed by atoms with Crippen molar-refractivity contribution in [3.8, 4) is 52.0 Å². The Kier molecular flexibility index (Phi) is 8.26. The second kappa shape index (κ2) is 12.2. The van der Waals surface area contributed by atoms with Gasteiger partial charge in [0.1, 0.15) is 11.6 Å². The van der Waals surface area contributed by atoms with Gasteiger partial charge in [0.25, 0.3) is 0 Å². The molecule has 42 heavy (non-hydrogen) atoms. The molecule has 0 saturated carbocycles. The maximum atomic E-state index is 12.8. The fourth-order valence-electron chi connectivity index (χ4n) is 4.99. The lowest BCUT2D eigenvalue weighted by atomic mass is 9.83. The minimum Gasteiger partial charge on any atom is -0.493 e. The number of nitriles is 1. The van der Waals surface area contributed by atoms with E-state index < -0.39 is 12.0 Å². The molecule has 220 valence electrons. The highest BCUT2D eigenvalue weighted by atomic mass is 16.6. The van der Waals surface area contributed by atoms with Crippen LogP contribution in [0.15, 0.2) is 41.8 Å². The lowest BCUT2D eigenvalue weighted by Gasteiger charge is -2.27. The van der Waals surface area contributed by atoms with Gasteiger partial charge in [-0.25, -0.2) is 4.79 Å². The van der Waals surface area contributed by atoms with E-state index in [0.717, 1.165) is 0 Å². The Labute approximate surface area is 242 Å². The third-order valence-electron chi connectivity index (χ3n) is 6.96. The zero-order valence-electron chi connectivity index (χ0n) is 23.7. The number of carbonyl (C=O) groups excluding carboxylic acids is 1. The van der Waals surface area contributed by atoms with Crippen molar-refractivity contribution in [2.75, 3.05) is 54.2 Å². The van der Waals surface area contributed by atoms with E-state index in [1.807, 2.05) is 6.92 Å². The van der Waals surface area contributed by atoms with Gasteiger partial charge in [-0.2, -0.15) is 5.26 Å². The van der Waals surface area contributed by atoms with E-state index in [1.165, 1.54) is 21.3 Å². The summed E-state index contributed by atoms with van der Waals surface area (Å²) in [5.41, 5.74) is 8.77. The molecule has 0 spiro atoms. The van der Waals surface area contributed by atoms with Gasteiger partial charge in [0.05, 0.1) is 58.3 Å². The monoisotopic (exact) mass is 577 g/mol. The molecule has 13 heteroatoms. The SMILES string of the molecule is CCOc1cc([C@@H]2C(C#N)=C(N)Oc3n[nH]c(-c4cc(OC)c(OC)c(OC)c4)c32)ccc1OC(=O)N1CCOCC1. The molecule has 0 aliphatic carbocycles. The average molecular weight is 578 g/mol. The molecule has 1 atom stereocenters. The van der Waals surface area contributed by atoms with Gasteiger partial charge >= 0.3 is 6.09 Å². The molecule has 1 fully saturated rings. The van der Waals surface area contributed by atoms with Crippen molar-refractivity contribution in [2.24, 2.45) is 5.73 Å². The van der Waals surface area contributed by atoms with Crippen molar-refractivity contribution in [1.29, 1.82) is 5.26 Å². The van der Waals surface area contributed by atoms with E-state index in [9.17, 15) is 10.1 Å². The van der Waals surface area contributed by atoms with Crippen LogP contribution in [0, 0.1) is 11.3 Å². The summed E-state index contributed by atoms with van der Waals surface area (Å²) >= 11 is 0. The fourth-order valence-corrected chi connectivity index (χ4v) is 4.99. The quantitative estimate of drug-likeness (QED) is 0.402. The second-order valence-corrected chi connectivity index (χ2v) is 9.26. The van der Waals surface area contributed by atoms with Gasteiger partial charge in [0.15, 0.2) is 23.0 Å². The summed E-state index contributed by atoms with van der Waals surface area (Å²) in [5.74, 6) is 1.31. The Hall–Kier alpha value is -5.09. The summed E-state index contributed by atoms with van der Waals surface area (Å²) in [4.78, 5) is 14.4. The number of carbonyl (C=O) groups is 1. The predicted molar refractivity (Wildman–Crippen MR) is 149 cm³/mol. The molecule has 0 bridgehead atoms. The number of ether oxygens (including phenoxy) is 7. The van der Waals surface area contributed by atoms with Crippen LogP contribution < -0.4 is 34.2 Å². The molecule has 13 nitrogen and oxygen atoms in total. The molecule has 2 aliphatic rings. The molecular weight excluding hydrogens is 546 g/mol. The van der Waals surface area contributed by atoms with Crippen molar-refractivity contribution in [3.05, 3.63) is 52.9 Å². The number of nitrogens with one attached hydrogen (secondary N) is 1. The van der Waals surface area contributed by atoms with E-state index in [1.54, 1.807) is 35.2 Å². The number of fused-ring (bicyclic) bond motifs is 1. The first-order valence-electron chi connectivity index (χ1n) is 13.2. The smallest absolute Gasteiger partial charge is 0.415 e. The molecule has 3 heterocycles. The molecule has 2 aliphatic heterocycles. The number of allylic oxidation sites excluding steroid dienone is 1. The number of rotatable bonds is 8. The van der Waals surface area contributed by atoms with Crippen LogP contribution in [-0.2, 0) is 4.74 Å².